The number of nitrogens with one attached hydrogen (secondary N) is 1. The van der Waals surface area contributed by atoms with E-state index < -0.39 is 0 Å². The van der Waals surface area contributed by atoms with Gasteiger partial charge in [-0.15, -0.1) is 0 Å². The van der Waals surface area contributed by atoms with Crippen molar-refractivity contribution in [3.8, 4) is 0 Å². The summed E-state index contributed by atoms with van der Waals surface area (Å²) in [7, 11) is 2.04. The first-order valence-corrected chi connectivity index (χ1v) is 8.16. The van der Waals surface area contributed by atoms with Gasteiger partial charge in [0.1, 0.15) is 0 Å². The Labute approximate surface area is 136 Å². The van der Waals surface area contributed by atoms with Crippen molar-refractivity contribution in [2.24, 2.45) is 0 Å². The lowest BCUT2D eigenvalue weighted by Crippen LogP contribution is -2.21. The second-order valence-electron chi connectivity index (χ2n) is 5.92. The van der Waals surface area contributed by atoms with Crippen LogP contribution in [0.4, 0.5) is 0 Å². The van der Waals surface area contributed by atoms with Crippen LogP contribution < -0.4 is 5.32 Å². The molecule has 0 radical (unpaired) electrons. The zero-order valence-electron chi connectivity index (χ0n) is 13.8. The number of aryl methyl sites for hydroxylation is 3. The molecule has 0 saturated heterocycles. The standard InChI is InChI=1S/C19H24BrN/c1-11-7-8-16(17(20)9-11)19(21-6)18-14(4)12(2)10-13(3)15(18)5/h7-10,19,21H,1-6H3. The number of hydrogen-bond donors (Lipinski definition) is 1. The van der Waals surface area contributed by atoms with Gasteiger partial charge in [-0.05, 0) is 86.7 Å². The molecule has 21 heavy (non-hydrogen) atoms. The quantitative estimate of drug-likeness (QED) is 0.795. The first-order valence-electron chi connectivity index (χ1n) is 7.37. The van der Waals surface area contributed by atoms with E-state index in [2.05, 4.69) is 80.1 Å². The molecule has 0 amide bonds. The maximum absolute atomic E-state index is 3.73. The van der Waals surface area contributed by atoms with E-state index in [4.69, 9.17) is 0 Å². The molecule has 112 valence electrons. The predicted octanol–water partition coefficient (Wildman–Crippen LogP) is 5.30. The molecule has 1 atom stereocenters. The van der Waals surface area contributed by atoms with Gasteiger partial charge in [-0.2, -0.15) is 0 Å². The number of rotatable bonds is 3. The van der Waals surface area contributed by atoms with Crippen LogP contribution in [-0.2, 0) is 0 Å². The molecule has 0 aliphatic rings. The van der Waals surface area contributed by atoms with Gasteiger partial charge in [-0.1, -0.05) is 34.1 Å². The summed E-state index contributed by atoms with van der Waals surface area (Å²) in [5, 5.41) is 3.50. The minimum atomic E-state index is 0.207. The minimum absolute atomic E-state index is 0.207. The van der Waals surface area contributed by atoms with Gasteiger partial charge in [0, 0.05) is 4.47 Å². The Morgan fingerprint density at radius 3 is 1.95 bits per heavy atom. The second-order valence-corrected chi connectivity index (χ2v) is 6.78. The zero-order valence-corrected chi connectivity index (χ0v) is 15.4. The van der Waals surface area contributed by atoms with Crippen LogP contribution in [0.5, 0.6) is 0 Å². The summed E-state index contributed by atoms with van der Waals surface area (Å²) < 4.78 is 1.17. The SMILES string of the molecule is CNC(c1ccc(C)cc1Br)c1c(C)c(C)cc(C)c1C. The third kappa shape index (κ3) is 3.07. The first kappa shape index (κ1) is 16.3. The smallest absolute Gasteiger partial charge is 0.0590 e. The van der Waals surface area contributed by atoms with Crippen molar-refractivity contribution >= 4 is 15.9 Å². The molecule has 0 fully saturated rings. The molecule has 0 aromatic heterocycles. The fourth-order valence-electron chi connectivity index (χ4n) is 3.00. The van der Waals surface area contributed by atoms with Crippen molar-refractivity contribution in [2.45, 2.75) is 40.7 Å². The van der Waals surface area contributed by atoms with Gasteiger partial charge >= 0.3 is 0 Å². The molecule has 0 spiro atoms. The van der Waals surface area contributed by atoms with Crippen molar-refractivity contribution in [1.29, 1.82) is 0 Å². The van der Waals surface area contributed by atoms with Gasteiger partial charge in [-0.25, -0.2) is 0 Å². The molecule has 0 aliphatic carbocycles. The van der Waals surface area contributed by atoms with Crippen molar-refractivity contribution in [1.82, 2.24) is 5.32 Å². The zero-order chi connectivity index (χ0) is 15.7. The molecule has 2 rings (SSSR count). The van der Waals surface area contributed by atoms with Gasteiger partial charge < -0.3 is 5.32 Å². The highest BCUT2D eigenvalue weighted by Gasteiger charge is 2.20. The van der Waals surface area contributed by atoms with Gasteiger partial charge in [0.15, 0.2) is 0 Å². The minimum Gasteiger partial charge on any atom is -0.309 e. The first-order chi connectivity index (χ1) is 9.86. The van der Waals surface area contributed by atoms with Gasteiger partial charge in [0.05, 0.1) is 6.04 Å². The van der Waals surface area contributed by atoms with Crippen LogP contribution in [0.1, 0.15) is 45.0 Å². The summed E-state index contributed by atoms with van der Waals surface area (Å²) in [6.45, 7) is 11.0. The van der Waals surface area contributed by atoms with Crippen molar-refractivity contribution < 1.29 is 0 Å². The predicted molar refractivity (Wildman–Crippen MR) is 95.2 cm³/mol. The fraction of sp³-hybridized carbons (Fsp3) is 0.368. The number of benzene rings is 2. The molecule has 2 heteroatoms. The lowest BCUT2D eigenvalue weighted by Gasteiger charge is -2.25. The monoisotopic (exact) mass is 345 g/mol. The summed E-state index contributed by atoms with van der Waals surface area (Å²) in [6, 6.07) is 9.08. The summed E-state index contributed by atoms with van der Waals surface area (Å²) in [4.78, 5) is 0. The fourth-order valence-corrected chi connectivity index (χ4v) is 3.72. The van der Waals surface area contributed by atoms with E-state index in [1.54, 1.807) is 0 Å². The molecule has 0 bridgehead atoms. The Bertz CT molecular complexity index is 648. The van der Waals surface area contributed by atoms with Crippen molar-refractivity contribution in [2.75, 3.05) is 7.05 Å². The maximum Gasteiger partial charge on any atom is 0.0590 e. The molecule has 0 heterocycles. The van der Waals surface area contributed by atoms with E-state index in [9.17, 15) is 0 Å². The average Bonchev–Trinajstić information content (AvgIpc) is 2.42. The van der Waals surface area contributed by atoms with E-state index in [0.29, 0.717) is 0 Å². The Morgan fingerprint density at radius 1 is 0.905 bits per heavy atom. The van der Waals surface area contributed by atoms with Crippen LogP contribution in [0, 0.1) is 34.6 Å². The lowest BCUT2D eigenvalue weighted by atomic mass is 9.86. The van der Waals surface area contributed by atoms with Crippen LogP contribution in [0.2, 0.25) is 0 Å². The molecule has 0 saturated carbocycles. The van der Waals surface area contributed by atoms with Crippen LogP contribution in [-0.4, -0.2) is 7.05 Å². The van der Waals surface area contributed by atoms with Crippen LogP contribution in [0.15, 0.2) is 28.7 Å². The van der Waals surface area contributed by atoms with E-state index >= 15 is 0 Å². The van der Waals surface area contributed by atoms with Gasteiger partial charge in [-0.3, -0.25) is 0 Å². The topological polar surface area (TPSA) is 12.0 Å². The number of hydrogen-bond acceptors (Lipinski definition) is 1. The molecule has 1 N–H and O–H groups in total. The van der Waals surface area contributed by atoms with Crippen LogP contribution in [0.3, 0.4) is 0 Å². The Hall–Kier alpha value is -1.12. The van der Waals surface area contributed by atoms with Crippen molar-refractivity contribution in [3.63, 3.8) is 0 Å². The molecule has 2 aromatic carbocycles. The van der Waals surface area contributed by atoms with Gasteiger partial charge in [0.25, 0.3) is 0 Å². The van der Waals surface area contributed by atoms with E-state index in [1.807, 2.05) is 7.05 Å². The van der Waals surface area contributed by atoms with Crippen LogP contribution in [0.25, 0.3) is 0 Å². The maximum atomic E-state index is 3.73. The van der Waals surface area contributed by atoms with Gasteiger partial charge in [0.2, 0.25) is 0 Å². The van der Waals surface area contributed by atoms with Crippen molar-refractivity contribution in [3.05, 3.63) is 67.7 Å². The summed E-state index contributed by atoms with van der Waals surface area (Å²) in [5.41, 5.74) is 9.44. The third-order valence-electron chi connectivity index (χ3n) is 4.47. The second kappa shape index (κ2) is 6.33. The lowest BCUT2D eigenvalue weighted by molar-refractivity contribution is 0.678. The summed E-state index contributed by atoms with van der Waals surface area (Å²) in [6.07, 6.45) is 0. The van der Waals surface area contributed by atoms with Crippen LogP contribution >= 0.6 is 15.9 Å². The molecular formula is C19H24BrN. The number of halogens is 1. The van der Waals surface area contributed by atoms with E-state index in [1.165, 1.54) is 43.4 Å². The highest BCUT2D eigenvalue weighted by molar-refractivity contribution is 9.10. The largest absolute Gasteiger partial charge is 0.309 e. The normalized spacial score (nSPS) is 12.5. The summed E-state index contributed by atoms with van der Waals surface area (Å²) >= 11 is 3.73. The van der Waals surface area contributed by atoms with E-state index in [-0.39, 0.29) is 6.04 Å². The highest BCUT2D eigenvalue weighted by Crippen LogP contribution is 2.34. The highest BCUT2D eigenvalue weighted by atomic mass is 79.9. The molecule has 1 unspecified atom stereocenters. The third-order valence-corrected chi connectivity index (χ3v) is 5.16. The molecule has 2 aromatic rings. The Kier molecular flexibility index (Phi) is 4.90. The molecule has 0 aliphatic heterocycles. The molecular weight excluding hydrogens is 322 g/mol. The Morgan fingerprint density at radius 2 is 1.48 bits per heavy atom. The summed E-state index contributed by atoms with van der Waals surface area (Å²) in [5.74, 6) is 0. The average molecular weight is 346 g/mol. The molecule has 1 nitrogen and oxygen atoms in total. The van der Waals surface area contributed by atoms with E-state index in [0.717, 1.165) is 0 Å². The Balaban J connectivity index is 2.67.